The highest BCUT2D eigenvalue weighted by molar-refractivity contribution is 9.11. The predicted molar refractivity (Wildman–Crippen MR) is 225 cm³/mol. The van der Waals surface area contributed by atoms with Crippen LogP contribution >= 0.6 is 95.6 Å². The summed E-state index contributed by atoms with van der Waals surface area (Å²) in [5.74, 6) is 0. The number of halogens is 6. The van der Waals surface area contributed by atoms with E-state index in [9.17, 15) is 0 Å². The summed E-state index contributed by atoms with van der Waals surface area (Å²) in [7, 11) is 0. The van der Waals surface area contributed by atoms with Gasteiger partial charge in [0.05, 0.1) is 0 Å². The minimum absolute atomic E-state index is 1.04. The smallest absolute Gasteiger partial charge is 0.0192 e. The van der Waals surface area contributed by atoms with Gasteiger partial charge in [0.1, 0.15) is 0 Å². The number of benzene rings is 7. The van der Waals surface area contributed by atoms with E-state index >= 15 is 0 Å². The van der Waals surface area contributed by atoms with Gasteiger partial charge in [0.25, 0.3) is 0 Å². The maximum atomic E-state index is 3.66. The summed E-state index contributed by atoms with van der Waals surface area (Å²) in [5.41, 5.74) is 13.9. The van der Waals surface area contributed by atoms with Gasteiger partial charge in [0.15, 0.2) is 0 Å². The van der Waals surface area contributed by atoms with Crippen LogP contribution in [0.25, 0.3) is 66.8 Å². The van der Waals surface area contributed by atoms with Crippen LogP contribution in [0.4, 0.5) is 0 Å². The first-order valence-corrected chi connectivity index (χ1v) is 19.8. The lowest BCUT2D eigenvalue weighted by molar-refractivity contribution is 1.53. The summed E-state index contributed by atoms with van der Waals surface area (Å²) in [6.45, 7) is 0. The van der Waals surface area contributed by atoms with E-state index in [-0.39, 0.29) is 0 Å². The molecule has 48 heavy (non-hydrogen) atoms. The van der Waals surface area contributed by atoms with E-state index in [0.717, 1.165) is 93.6 Å². The second kappa shape index (κ2) is 14.7. The molecule has 0 N–H and O–H groups in total. The quantitative estimate of drug-likeness (QED) is 0.156. The Balaban J connectivity index is 1.39. The summed E-state index contributed by atoms with van der Waals surface area (Å²) < 4.78 is 6.23. The van der Waals surface area contributed by atoms with Crippen molar-refractivity contribution in [1.29, 1.82) is 0 Å². The molecule has 7 rings (SSSR count). The minimum Gasteiger partial charge on any atom is -0.0610 e. The van der Waals surface area contributed by atoms with Gasteiger partial charge in [0, 0.05) is 26.8 Å². The fourth-order valence-corrected chi connectivity index (χ4v) is 9.81. The van der Waals surface area contributed by atoms with Crippen molar-refractivity contribution in [1.82, 2.24) is 0 Å². The van der Waals surface area contributed by atoms with Gasteiger partial charge in [-0.15, -0.1) is 0 Å². The van der Waals surface area contributed by atoms with E-state index in [0.29, 0.717) is 0 Å². The lowest BCUT2D eigenvalue weighted by Gasteiger charge is -2.14. The molecule has 0 saturated heterocycles. The molecular weight excluding hydrogens is 984 g/mol. The third kappa shape index (κ3) is 7.90. The predicted octanol–water partition coefficient (Wildman–Crippen LogP) is 16.3. The molecule has 0 fully saturated rings. The Morgan fingerprint density at radius 1 is 0.188 bits per heavy atom. The minimum atomic E-state index is 1.04. The highest BCUT2D eigenvalue weighted by Gasteiger charge is 2.12. The third-order valence-corrected chi connectivity index (χ3v) is 10.9. The highest BCUT2D eigenvalue weighted by Crippen LogP contribution is 2.38. The molecule has 0 spiro atoms. The first kappa shape index (κ1) is 33.9. The standard InChI is InChI=1S/C42H24Br6/c43-37-16-34(17-38(44)22-37)28-7-1-4-25(10-28)31-13-32(26-5-2-8-29(11-26)35-18-39(45)23-40(46)19-35)15-33(14-31)27-6-3-9-30(12-27)36-20-41(47)24-42(48)21-36/h1-24H. The Labute approximate surface area is 331 Å². The summed E-state index contributed by atoms with van der Waals surface area (Å²) in [6.07, 6.45) is 0. The van der Waals surface area contributed by atoms with E-state index in [2.05, 4.69) is 241 Å². The number of hydrogen-bond donors (Lipinski definition) is 0. The molecule has 0 atom stereocenters. The van der Waals surface area contributed by atoms with Crippen molar-refractivity contribution < 1.29 is 0 Å². The van der Waals surface area contributed by atoms with Crippen LogP contribution in [0, 0.1) is 0 Å². The first-order valence-electron chi connectivity index (χ1n) is 15.0. The molecule has 0 aliphatic heterocycles. The molecule has 0 aliphatic carbocycles. The zero-order chi connectivity index (χ0) is 33.4. The van der Waals surface area contributed by atoms with Crippen LogP contribution in [-0.2, 0) is 0 Å². The third-order valence-electron chi connectivity index (χ3n) is 8.11. The zero-order valence-corrected chi connectivity index (χ0v) is 34.6. The van der Waals surface area contributed by atoms with Crippen LogP contribution in [0.2, 0.25) is 0 Å². The molecule has 7 aromatic carbocycles. The maximum Gasteiger partial charge on any atom is 0.0192 e. The molecule has 0 aliphatic rings. The van der Waals surface area contributed by atoms with Crippen molar-refractivity contribution in [2.75, 3.05) is 0 Å². The van der Waals surface area contributed by atoms with Gasteiger partial charge in [-0.25, -0.2) is 0 Å². The van der Waals surface area contributed by atoms with Crippen LogP contribution < -0.4 is 0 Å². The molecule has 0 radical (unpaired) electrons. The van der Waals surface area contributed by atoms with Crippen molar-refractivity contribution >= 4 is 95.6 Å². The SMILES string of the molecule is Brc1cc(Br)cc(-c2cccc(-c3cc(-c4cccc(-c5cc(Br)cc(Br)c5)c4)cc(-c4cccc(-c5cc(Br)cc(Br)c5)c4)c3)c2)c1. The zero-order valence-electron chi connectivity index (χ0n) is 25.1. The lowest BCUT2D eigenvalue weighted by atomic mass is 9.90. The highest BCUT2D eigenvalue weighted by atomic mass is 79.9. The van der Waals surface area contributed by atoms with E-state index < -0.39 is 0 Å². The van der Waals surface area contributed by atoms with Crippen molar-refractivity contribution in [3.63, 3.8) is 0 Å². The average molecular weight is 1010 g/mol. The molecule has 0 amide bonds. The van der Waals surface area contributed by atoms with E-state index in [1.165, 1.54) is 0 Å². The van der Waals surface area contributed by atoms with E-state index in [1.54, 1.807) is 0 Å². The second-order valence-electron chi connectivity index (χ2n) is 11.5. The van der Waals surface area contributed by atoms with E-state index in [1.807, 2.05) is 0 Å². The molecule has 0 aromatic heterocycles. The molecule has 0 heterocycles. The Kier molecular flexibility index (Phi) is 10.4. The monoisotopic (exact) mass is 1000 g/mol. The summed E-state index contributed by atoms with van der Waals surface area (Å²) in [4.78, 5) is 0. The van der Waals surface area contributed by atoms with E-state index in [4.69, 9.17) is 0 Å². The molecule has 7 aromatic rings. The van der Waals surface area contributed by atoms with Gasteiger partial charge in [0.2, 0.25) is 0 Å². The van der Waals surface area contributed by atoms with Crippen molar-refractivity contribution in [3.8, 4) is 66.8 Å². The number of hydrogen-bond acceptors (Lipinski definition) is 0. The Hall–Kier alpha value is -2.58. The van der Waals surface area contributed by atoms with Crippen molar-refractivity contribution in [2.24, 2.45) is 0 Å². The second-order valence-corrected chi connectivity index (χ2v) is 17.0. The van der Waals surface area contributed by atoms with Crippen LogP contribution in [0.3, 0.4) is 0 Å². The molecule has 0 unspecified atom stereocenters. The molecule has 0 nitrogen and oxygen atoms in total. The van der Waals surface area contributed by atoms with Crippen molar-refractivity contribution in [2.45, 2.75) is 0 Å². The maximum absolute atomic E-state index is 3.66. The van der Waals surface area contributed by atoms with Gasteiger partial charge in [-0.3, -0.25) is 0 Å². The number of rotatable bonds is 6. The largest absolute Gasteiger partial charge is 0.0610 e. The molecule has 0 saturated carbocycles. The lowest BCUT2D eigenvalue weighted by Crippen LogP contribution is -1.89. The van der Waals surface area contributed by atoms with Crippen molar-refractivity contribution in [3.05, 3.63) is 172 Å². The fraction of sp³-hybridized carbons (Fsp3) is 0. The summed E-state index contributed by atoms with van der Waals surface area (Å²) >= 11 is 22.0. The summed E-state index contributed by atoms with van der Waals surface area (Å²) in [6, 6.07) is 52.4. The summed E-state index contributed by atoms with van der Waals surface area (Å²) in [5, 5.41) is 0. The Morgan fingerprint density at radius 3 is 0.562 bits per heavy atom. The van der Waals surface area contributed by atoms with Crippen LogP contribution in [0.1, 0.15) is 0 Å². The van der Waals surface area contributed by atoms with Crippen LogP contribution in [0.15, 0.2) is 172 Å². The fourth-order valence-electron chi connectivity index (χ4n) is 5.92. The Bertz CT molecular complexity index is 1990. The molecular formula is C42H24Br6. The molecule has 234 valence electrons. The van der Waals surface area contributed by atoms with Gasteiger partial charge in [-0.05, 0) is 158 Å². The van der Waals surface area contributed by atoms with Crippen LogP contribution in [0.5, 0.6) is 0 Å². The first-order chi connectivity index (χ1) is 23.2. The molecule has 6 heteroatoms. The Morgan fingerprint density at radius 2 is 0.354 bits per heavy atom. The van der Waals surface area contributed by atoms with Crippen LogP contribution in [-0.4, -0.2) is 0 Å². The molecule has 0 bridgehead atoms. The normalized spacial score (nSPS) is 11.1. The van der Waals surface area contributed by atoms with Gasteiger partial charge in [-0.2, -0.15) is 0 Å². The average Bonchev–Trinajstić information content (AvgIpc) is 3.07. The van der Waals surface area contributed by atoms with Gasteiger partial charge < -0.3 is 0 Å². The van der Waals surface area contributed by atoms with Gasteiger partial charge >= 0.3 is 0 Å². The van der Waals surface area contributed by atoms with Gasteiger partial charge in [-0.1, -0.05) is 150 Å². The topological polar surface area (TPSA) is 0 Å².